The molecule has 0 spiro atoms. The molecule has 4 rings (SSSR count). The van der Waals surface area contributed by atoms with Crippen molar-refractivity contribution in [3.8, 4) is 28.5 Å². The number of hydrogen-bond acceptors (Lipinski definition) is 7. The zero-order chi connectivity index (χ0) is 25.5. The molecule has 4 aromatic rings. The summed E-state index contributed by atoms with van der Waals surface area (Å²) in [6.45, 7) is 3.90. The Morgan fingerprint density at radius 1 is 0.972 bits per heavy atom. The number of esters is 1. The third-order valence-electron chi connectivity index (χ3n) is 5.28. The summed E-state index contributed by atoms with van der Waals surface area (Å²) >= 11 is 0. The second kappa shape index (κ2) is 11.2. The Bertz CT molecular complexity index is 1390. The molecule has 0 bridgehead atoms. The summed E-state index contributed by atoms with van der Waals surface area (Å²) in [5.41, 5.74) is 3.78. The van der Waals surface area contributed by atoms with Gasteiger partial charge < -0.3 is 14.8 Å². The Balaban J connectivity index is 1.67. The van der Waals surface area contributed by atoms with Gasteiger partial charge in [-0.15, -0.1) is 0 Å². The van der Waals surface area contributed by atoms with Crippen molar-refractivity contribution in [3.05, 3.63) is 89.8 Å². The molecule has 1 N–H and O–H groups in total. The van der Waals surface area contributed by atoms with Gasteiger partial charge in [0.25, 0.3) is 0 Å². The minimum Gasteiger partial charge on any atom is -0.497 e. The summed E-state index contributed by atoms with van der Waals surface area (Å²) < 4.78 is 23.9. The maximum atomic E-state index is 13.7. The van der Waals surface area contributed by atoms with E-state index in [0.717, 1.165) is 22.6 Å². The van der Waals surface area contributed by atoms with Crippen molar-refractivity contribution in [2.24, 2.45) is 0 Å². The van der Waals surface area contributed by atoms with Crippen LogP contribution in [0.25, 0.3) is 28.9 Å². The van der Waals surface area contributed by atoms with Crippen molar-refractivity contribution in [2.45, 2.75) is 13.8 Å². The first kappa shape index (κ1) is 24.5. The molecule has 0 aliphatic rings. The highest BCUT2D eigenvalue weighted by Crippen LogP contribution is 2.27. The van der Waals surface area contributed by atoms with Gasteiger partial charge in [0.05, 0.1) is 13.7 Å². The SMILES string of the molecule is CCOC(=O)/C=C/c1ccc(Nc2nc(-c3ccc(OC)cc3)nc(-c3ccc(F)cc3C)n2)cc1. The Hall–Kier alpha value is -4.59. The van der Waals surface area contributed by atoms with E-state index >= 15 is 0 Å². The lowest BCUT2D eigenvalue weighted by Gasteiger charge is -2.11. The first-order valence-corrected chi connectivity index (χ1v) is 11.3. The van der Waals surface area contributed by atoms with Crippen LogP contribution in [0.4, 0.5) is 16.0 Å². The van der Waals surface area contributed by atoms with Gasteiger partial charge in [0.1, 0.15) is 11.6 Å². The van der Waals surface area contributed by atoms with Crippen LogP contribution in [0.15, 0.2) is 72.8 Å². The lowest BCUT2D eigenvalue weighted by molar-refractivity contribution is -0.137. The van der Waals surface area contributed by atoms with Crippen LogP contribution >= 0.6 is 0 Å². The highest BCUT2D eigenvalue weighted by Gasteiger charge is 2.13. The van der Waals surface area contributed by atoms with Crippen LogP contribution in [0.2, 0.25) is 0 Å². The second-order valence-corrected chi connectivity index (χ2v) is 7.83. The number of nitrogens with zero attached hydrogens (tertiary/aromatic N) is 3. The van der Waals surface area contributed by atoms with Crippen LogP contribution in [0, 0.1) is 12.7 Å². The number of methoxy groups -OCH3 is 1. The standard InChI is InChI=1S/C28H25FN4O3/c1-4-36-25(34)16-7-19-5-11-22(12-6-19)30-28-32-26(20-8-13-23(35-3)14-9-20)31-27(33-28)24-15-10-21(29)17-18(24)2/h5-17H,4H2,1-3H3,(H,30,31,32,33)/b16-7+. The number of carbonyl (C=O) groups excluding carboxylic acids is 1. The average Bonchev–Trinajstić information content (AvgIpc) is 2.88. The average molecular weight is 485 g/mol. The normalized spacial score (nSPS) is 10.9. The molecular formula is C28H25FN4O3. The molecule has 0 atom stereocenters. The van der Waals surface area contributed by atoms with Gasteiger partial charge in [-0.3, -0.25) is 0 Å². The smallest absolute Gasteiger partial charge is 0.330 e. The summed E-state index contributed by atoms with van der Waals surface area (Å²) in [5.74, 6) is 1.23. The van der Waals surface area contributed by atoms with Gasteiger partial charge in [-0.25, -0.2) is 14.2 Å². The fraction of sp³-hybridized carbons (Fsp3) is 0.143. The Labute approximate surface area is 208 Å². The number of hydrogen-bond donors (Lipinski definition) is 1. The third-order valence-corrected chi connectivity index (χ3v) is 5.28. The molecule has 0 saturated heterocycles. The van der Waals surface area contributed by atoms with E-state index in [4.69, 9.17) is 9.47 Å². The van der Waals surface area contributed by atoms with E-state index in [-0.39, 0.29) is 11.8 Å². The summed E-state index contributed by atoms with van der Waals surface area (Å²) in [6.07, 6.45) is 3.07. The van der Waals surface area contributed by atoms with Crippen molar-refractivity contribution in [2.75, 3.05) is 19.0 Å². The van der Waals surface area contributed by atoms with E-state index in [2.05, 4.69) is 20.3 Å². The van der Waals surface area contributed by atoms with Crippen molar-refractivity contribution < 1.29 is 18.7 Å². The second-order valence-electron chi connectivity index (χ2n) is 7.83. The topological polar surface area (TPSA) is 86.2 Å². The first-order valence-electron chi connectivity index (χ1n) is 11.3. The van der Waals surface area contributed by atoms with E-state index in [1.54, 1.807) is 26.2 Å². The van der Waals surface area contributed by atoms with Crippen LogP contribution in [0.3, 0.4) is 0 Å². The summed E-state index contributed by atoms with van der Waals surface area (Å²) in [7, 11) is 1.60. The molecule has 0 unspecified atom stereocenters. The van der Waals surface area contributed by atoms with Crippen LogP contribution in [-0.4, -0.2) is 34.6 Å². The first-order chi connectivity index (χ1) is 17.4. The Kier molecular flexibility index (Phi) is 7.65. The number of ether oxygens (including phenoxy) is 2. The monoisotopic (exact) mass is 484 g/mol. The minimum absolute atomic E-state index is 0.323. The molecule has 0 saturated carbocycles. The zero-order valence-corrected chi connectivity index (χ0v) is 20.2. The predicted molar refractivity (Wildman–Crippen MR) is 137 cm³/mol. The molecule has 0 aliphatic heterocycles. The Morgan fingerprint density at radius 2 is 1.69 bits per heavy atom. The molecule has 182 valence electrons. The number of benzene rings is 3. The lowest BCUT2D eigenvalue weighted by atomic mass is 10.1. The molecule has 1 heterocycles. The molecule has 36 heavy (non-hydrogen) atoms. The Morgan fingerprint density at radius 3 is 2.36 bits per heavy atom. The molecular weight excluding hydrogens is 459 g/mol. The predicted octanol–water partition coefficient (Wildman–Crippen LogP) is 5.98. The van der Waals surface area contributed by atoms with Gasteiger partial charge in [-0.1, -0.05) is 12.1 Å². The highest BCUT2D eigenvalue weighted by molar-refractivity contribution is 5.87. The fourth-order valence-corrected chi connectivity index (χ4v) is 3.46. The van der Waals surface area contributed by atoms with Crippen LogP contribution in [0.5, 0.6) is 5.75 Å². The van der Waals surface area contributed by atoms with E-state index < -0.39 is 0 Å². The lowest BCUT2D eigenvalue weighted by Crippen LogP contribution is -2.04. The molecule has 1 aromatic heterocycles. The number of halogens is 1. The van der Waals surface area contributed by atoms with Gasteiger partial charge in [-0.05, 0) is 85.6 Å². The van der Waals surface area contributed by atoms with E-state index in [0.29, 0.717) is 35.3 Å². The molecule has 0 aliphatic carbocycles. The van der Waals surface area contributed by atoms with Crippen molar-refractivity contribution >= 4 is 23.7 Å². The number of anilines is 2. The third kappa shape index (κ3) is 6.09. The van der Waals surface area contributed by atoms with Gasteiger partial charge in [0.2, 0.25) is 5.95 Å². The maximum Gasteiger partial charge on any atom is 0.330 e. The van der Waals surface area contributed by atoms with Crippen molar-refractivity contribution in [1.82, 2.24) is 15.0 Å². The van der Waals surface area contributed by atoms with Crippen molar-refractivity contribution in [3.63, 3.8) is 0 Å². The van der Waals surface area contributed by atoms with Gasteiger partial charge in [0.15, 0.2) is 11.6 Å². The largest absolute Gasteiger partial charge is 0.497 e. The zero-order valence-electron chi connectivity index (χ0n) is 20.2. The highest BCUT2D eigenvalue weighted by atomic mass is 19.1. The quantitative estimate of drug-likeness (QED) is 0.243. The van der Waals surface area contributed by atoms with Gasteiger partial charge in [0, 0.05) is 22.9 Å². The maximum absolute atomic E-state index is 13.7. The van der Waals surface area contributed by atoms with Crippen molar-refractivity contribution in [1.29, 1.82) is 0 Å². The molecule has 8 heteroatoms. The van der Waals surface area contributed by atoms with Crippen LogP contribution in [0.1, 0.15) is 18.1 Å². The molecule has 3 aromatic carbocycles. The fourth-order valence-electron chi connectivity index (χ4n) is 3.46. The number of aryl methyl sites for hydroxylation is 1. The van der Waals surface area contributed by atoms with Crippen LogP contribution in [-0.2, 0) is 9.53 Å². The minimum atomic E-state index is -0.389. The van der Waals surface area contributed by atoms with E-state index in [1.807, 2.05) is 55.5 Å². The van der Waals surface area contributed by atoms with Gasteiger partial charge in [-0.2, -0.15) is 9.97 Å². The molecule has 7 nitrogen and oxygen atoms in total. The summed E-state index contributed by atoms with van der Waals surface area (Å²) in [6, 6.07) is 19.3. The summed E-state index contributed by atoms with van der Waals surface area (Å²) in [5, 5.41) is 3.21. The molecule has 0 amide bonds. The number of nitrogens with one attached hydrogen (secondary N) is 1. The van der Waals surface area contributed by atoms with Crippen LogP contribution < -0.4 is 10.1 Å². The number of aromatic nitrogens is 3. The van der Waals surface area contributed by atoms with Gasteiger partial charge >= 0.3 is 5.97 Å². The number of rotatable bonds is 8. The van der Waals surface area contributed by atoms with E-state index in [9.17, 15) is 9.18 Å². The molecule has 0 fully saturated rings. The summed E-state index contributed by atoms with van der Waals surface area (Å²) in [4.78, 5) is 25.4. The molecule has 0 radical (unpaired) electrons. The number of carbonyl (C=O) groups is 1. The van der Waals surface area contributed by atoms with E-state index in [1.165, 1.54) is 18.2 Å².